The number of aromatic nitrogens is 2. The van der Waals surface area contributed by atoms with Crippen LogP contribution in [-0.2, 0) is 15.8 Å². The van der Waals surface area contributed by atoms with Crippen LogP contribution in [0.5, 0.6) is 0 Å². The van der Waals surface area contributed by atoms with Crippen molar-refractivity contribution in [2.75, 3.05) is 6.54 Å². The fourth-order valence-electron chi connectivity index (χ4n) is 2.80. The molecule has 0 bridgehead atoms. The Morgan fingerprint density at radius 3 is 2.52 bits per heavy atom. The molecule has 0 aliphatic rings. The van der Waals surface area contributed by atoms with Gasteiger partial charge in [0, 0.05) is 17.1 Å². The lowest BCUT2D eigenvalue weighted by atomic mass is 10.2. The van der Waals surface area contributed by atoms with Gasteiger partial charge in [-0.2, -0.15) is 5.10 Å². The third-order valence-corrected chi connectivity index (χ3v) is 6.20. The topological polar surface area (TPSA) is 64.0 Å². The highest BCUT2D eigenvalue weighted by molar-refractivity contribution is 7.88. The first-order chi connectivity index (χ1) is 11.9. The van der Waals surface area contributed by atoms with E-state index in [0.29, 0.717) is 0 Å². The highest BCUT2D eigenvalue weighted by Crippen LogP contribution is 2.24. The minimum atomic E-state index is -3.42. The Balaban J connectivity index is 1.78. The van der Waals surface area contributed by atoms with E-state index in [0.717, 1.165) is 21.8 Å². The van der Waals surface area contributed by atoms with Gasteiger partial charge in [-0.15, -0.1) is 11.3 Å². The first kappa shape index (κ1) is 17.8. The van der Waals surface area contributed by atoms with Crippen LogP contribution in [-0.4, -0.2) is 24.7 Å². The van der Waals surface area contributed by atoms with Crippen LogP contribution in [0.2, 0.25) is 0 Å². The predicted octanol–water partition coefficient (Wildman–Crippen LogP) is 3.27. The van der Waals surface area contributed by atoms with Crippen LogP contribution in [0.4, 0.5) is 0 Å². The lowest BCUT2D eigenvalue weighted by Crippen LogP contribution is -2.32. The van der Waals surface area contributed by atoms with Crippen molar-refractivity contribution in [3.63, 3.8) is 0 Å². The van der Waals surface area contributed by atoms with E-state index in [-0.39, 0.29) is 18.3 Å². The summed E-state index contributed by atoms with van der Waals surface area (Å²) in [5.41, 5.74) is 2.71. The van der Waals surface area contributed by atoms with Crippen LogP contribution in [0.3, 0.4) is 0 Å². The molecule has 2 heterocycles. The third kappa shape index (κ3) is 4.56. The Morgan fingerprint density at radius 1 is 1.16 bits per heavy atom. The molecule has 25 heavy (non-hydrogen) atoms. The zero-order valence-corrected chi connectivity index (χ0v) is 15.8. The number of benzene rings is 1. The summed E-state index contributed by atoms with van der Waals surface area (Å²) >= 11 is 1.60. The van der Waals surface area contributed by atoms with Gasteiger partial charge in [0.2, 0.25) is 10.0 Å². The molecule has 0 radical (unpaired) electrons. The van der Waals surface area contributed by atoms with Crippen LogP contribution >= 0.6 is 11.3 Å². The van der Waals surface area contributed by atoms with E-state index < -0.39 is 10.0 Å². The molecule has 1 N–H and O–H groups in total. The normalized spacial score (nSPS) is 13.0. The molecule has 0 saturated heterocycles. The van der Waals surface area contributed by atoms with E-state index in [9.17, 15) is 8.42 Å². The maximum absolute atomic E-state index is 12.5. The van der Waals surface area contributed by atoms with Crippen molar-refractivity contribution in [2.45, 2.75) is 25.6 Å². The van der Waals surface area contributed by atoms with Gasteiger partial charge in [-0.25, -0.2) is 13.1 Å². The van der Waals surface area contributed by atoms with Gasteiger partial charge in [-0.05, 0) is 36.9 Å². The van der Waals surface area contributed by atoms with Crippen molar-refractivity contribution < 1.29 is 8.42 Å². The van der Waals surface area contributed by atoms with Crippen LogP contribution in [0.1, 0.15) is 27.9 Å². The predicted molar refractivity (Wildman–Crippen MR) is 101 cm³/mol. The first-order valence-electron chi connectivity index (χ1n) is 8.02. The lowest BCUT2D eigenvalue weighted by Gasteiger charge is -2.19. The second kappa shape index (κ2) is 7.51. The molecule has 3 rings (SSSR count). The van der Waals surface area contributed by atoms with E-state index in [4.69, 9.17) is 0 Å². The smallest absolute Gasteiger partial charge is 0.215 e. The molecule has 7 heteroatoms. The second-order valence-electron chi connectivity index (χ2n) is 6.00. The summed E-state index contributed by atoms with van der Waals surface area (Å²) in [7, 11) is -3.42. The molecule has 0 fully saturated rings. The Kier molecular flexibility index (Phi) is 5.36. The number of nitrogens with one attached hydrogen (secondary N) is 1. The summed E-state index contributed by atoms with van der Waals surface area (Å²) in [4.78, 5) is 1.08. The van der Waals surface area contributed by atoms with Crippen molar-refractivity contribution in [2.24, 2.45) is 0 Å². The largest absolute Gasteiger partial charge is 0.260 e. The summed E-state index contributed by atoms with van der Waals surface area (Å²) in [6.07, 6.45) is 0. The van der Waals surface area contributed by atoms with Gasteiger partial charge in [0.05, 0.1) is 17.5 Å². The number of aryl methyl sites for hydroxylation is 2. The summed E-state index contributed by atoms with van der Waals surface area (Å²) in [6.45, 7) is 4.20. The fourth-order valence-corrected chi connectivity index (χ4v) is 4.76. The molecule has 1 aromatic carbocycles. The minimum Gasteiger partial charge on any atom is -0.260 e. The Bertz CT molecular complexity index is 917. The maximum atomic E-state index is 12.5. The van der Waals surface area contributed by atoms with Gasteiger partial charge in [-0.1, -0.05) is 36.4 Å². The lowest BCUT2D eigenvalue weighted by molar-refractivity contribution is 0.499. The average Bonchev–Trinajstić information content (AvgIpc) is 3.19. The van der Waals surface area contributed by atoms with Gasteiger partial charge in [0.1, 0.15) is 0 Å². The van der Waals surface area contributed by atoms with Gasteiger partial charge >= 0.3 is 0 Å². The van der Waals surface area contributed by atoms with Crippen LogP contribution in [0.15, 0.2) is 53.9 Å². The number of hydrogen-bond acceptors (Lipinski definition) is 4. The minimum absolute atomic E-state index is 0.0257. The Morgan fingerprint density at radius 2 is 1.92 bits per heavy atom. The summed E-state index contributed by atoms with van der Waals surface area (Å²) in [5, 5.41) is 6.53. The molecular weight excluding hydrogens is 354 g/mol. The zero-order chi connectivity index (χ0) is 17.9. The van der Waals surface area contributed by atoms with Gasteiger partial charge < -0.3 is 0 Å². The monoisotopic (exact) mass is 375 g/mol. The van der Waals surface area contributed by atoms with E-state index >= 15 is 0 Å². The van der Waals surface area contributed by atoms with Gasteiger partial charge in [0.25, 0.3) is 0 Å². The molecule has 2 aromatic heterocycles. The number of thiophene rings is 1. The highest BCUT2D eigenvalue weighted by atomic mass is 32.2. The average molecular weight is 376 g/mol. The van der Waals surface area contributed by atoms with Crippen molar-refractivity contribution in [1.29, 1.82) is 0 Å². The zero-order valence-electron chi connectivity index (χ0n) is 14.2. The van der Waals surface area contributed by atoms with E-state index in [2.05, 4.69) is 9.82 Å². The van der Waals surface area contributed by atoms with E-state index in [1.54, 1.807) is 11.3 Å². The molecule has 0 spiro atoms. The maximum Gasteiger partial charge on any atom is 0.215 e. The Labute approximate surface area is 152 Å². The standard InChI is InChI=1S/C18H21N3O2S2/c1-14-11-15(2)21(20-14)17(18-9-6-10-24-18)12-19-25(22,23)13-16-7-4-3-5-8-16/h3-11,17,19H,12-13H2,1-2H3. The molecule has 0 saturated carbocycles. The number of nitrogens with zero attached hydrogens (tertiary/aromatic N) is 2. The van der Waals surface area contributed by atoms with Crippen LogP contribution in [0.25, 0.3) is 0 Å². The molecule has 0 aliphatic heterocycles. The molecule has 1 unspecified atom stereocenters. The molecule has 0 aliphatic carbocycles. The van der Waals surface area contributed by atoms with Crippen LogP contribution in [0, 0.1) is 13.8 Å². The fraction of sp³-hybridized carbons (Fsp3) is 0.278. The SMILES string of the molecule is Cc1cc(C)n(C(CNS(=O)(=O)Cc2ccccc2)c2cccs2)n1. The summed E-state index contributed by atoms with van der Waals surface area (Å²) in [6, 6.07) is 15.0. The van der Waals surface area contributed by atoms with Crippen LogP contribution < -0.4 is 4.72 Å². The molecule has 1 atom stereocenters. The highest BCUT2D eigenvalue weighted by Gasteiger charge is 2.21. The molecule has 3 aromatic rings. The van der Waals surface area contributed by atoms with Crippen molar-refractivity contribution in [3.05, 3.63) is 75.7 Å². The second-order valence-corrected chi connectivity index (χ2v) is 8.78. The van der Waals surface area contributed by atoms with E-state index in [1.165, 1.54) is 0 Å². The van der Waals surface area contributed by atoms with Crippen molar-refractivity contribution in [3.8, 4) is 0 Å². The summed E-state index contributed by atoms with van der Waals surface area (Å²) < 4.78 is 29.6. The molecule has 5 nitrogen and oxygen atoms in total. The quantitative estimate of drug-likeness (QED) is 0.689. The molecule has 0 amide bonds. The number of sulfonamides is 1. The summed E-state index contributed by atoms with van der Waals surface area (Å²) in [5.74, 6) is -0.0257. The number of hydrogen-bond donors (Lipinski definition) is 1. The third-order valence-electron chi connectivity index (χ3n) is 3.91. The van der Waals surface area contributed by atoms with E-state index in [1.807, 2.05) is 72.4 Å². The molecular formula is C18H21N3O2S2. The van der Waals surface area contributed by atoms with Gasteiger partial charge in [0.15, 0.2) is 0 Å². The Hall–Kier alpha value is -1.96. The number of rotatable bonds is 7. The molecule has 132 valence electrons. The first-order valence-corrected chi connectivity index (χ1v) is 10.6. The van der Waals surface area contributed by atoms with Crippen molar-refractivity contribution in [1.82, 2.24) is 14.5 Å². The van der Waals surface area contributed by atoms with Gasteiger partial charge in [-0.3, -0.25) is 4.68 Å². The van der Waals surface area contributed by atoms with Crippen molar-refractivity contribution >= 4 is 21.4 Å².